The molecule has 0 amide bonds. The van der Waals surface area contributed by atoms with Crippen LogP contribution in [-0.2, 0) is 10.0 Å². The van der Waals surface area contributed by atoms with E-state index >= 15 is 0 Å². The number of hydrogen-bond donors (Lipinski definition) is 1. The third-order valence-corrected chi connectivity index (χ3v) is 5.87. The highest BCUT2D eigenvalue weighted by molar-refractivity contribution is 7.89. The molecule has 5 heteroatoms. The fourth-order valence-corrected chi connectivity index (χ4v) is 4.65. The molecule has 0 radical (unpaired) electrons. The van der Waals surface area contributed by atoms with Gasteiger partial charge < -0.3 is 0 Å². The summed E-state index contributed by atoms with van der Waals surface area (Å²) >= 11 is 0. The molecular weight excluding hydrogens is 308 g/mol. The van der Waals surface area contributed by atoms with Crippen LogP contribution < -0.4 is 4.72 Å². The Morgan fingerprint density at radius 1 is 1.26 bits per heavy atom. The highest BCUT2D eigenvalue weighted by atomic mass is 32.2. The lowest BCUT2D eigenvalue weighted by atomic mass is 9.95. The standard InChI is InChI=1S/C18H22N2O2S/c1-13-11-16-9-6-10-19-18(16)17(12-13)23(21,22)20-14(2)15-7-4-3-5-8-15/h6-7,9-12,14,20H,3-5,8H2,1-2H3/t14-/m0/s1. The number of benzene rings is 1. The summed E-state index contributed by atoms with van der Waals surface area (Å²) in [6.45, 7) is 3.82. The van der Waals surface area contributed by atoms with Crippen molar-refractivity contribution in [1.82, 2.24) is 9.71 Å². The lowest BCUT2D eigenvalue weighted by Gasteiger charge is -2.21. The zero-order valence-electron chi connectivity index (χ0n) is 13.5. The summed E-state index contributed by atoms with van der Waals surface area (Å²) in [5.41, 5.74) is 2.62. The van der Waals surface area contributed by atoms with Gasteiger partial charge in [-0.3, -0.25) is 4.98 Å². The smallest absolute Gasteiger partial charge is 0.243 e. The average Bonchev–Trinajstić information content (AvgIpc) is 2.54. The minimum absolute atomic E-state index is 0.181. The third-order valence-electron chi connectivity index (χ3n) is 4.32. The van der Waals surface area contributed by atoms with Gasteiger partial charge in [0.25, 0.3) is 0 Å². The van der Waals surface area contributed by atoms with E-state index in [4.69, 9.17) is 0 Å². The number of aryl methyl sites for hydroxylation is 1. The van der Waals surface area contributed by atoms with Gasteiger partial charge in [0.2, 0.25) is 10.0 Å². The van der Waals surface area contributed by atoms with Crippen molar-refractivity contribution in [2.75, 3.05) is 0 Å². The minimum Gasteiger partial charge on any atom is -0.255 e. The van der Waals surface area contributed by atoms with Crippen LogP contribution in [0.3, 0.4) is 0 Å². The van der Waals surface area contributed by atoms with Gasteiger partial charge in [0, 0.05) is 17.6 Å². The van der Waals surface area contributed by atoms with E-state index in [9.17, 15) is 8.42 Å². The van der Waals surface area contributed by atoms with Crippen molar-refractivity contribution in [2.45, 2.75) is 50.5 Å². The number of pyridine rings is 1. The molecule has 0 spiro atoms. The number of sulfonamides is 1. The van der Waals surface area contributed by atoms with E-state index in [-0.39, 0.29) is 10.9 Å². The Hall–Kier alpha value is -1.72. The second-order valence-corrected chi connectivity index (χ2v) is 7.89. The second kappa shape index (κ2) is 6.42. The normalized spacial score (nSPS) is 17.0. The van der Waals surface area contributed by atoms with Gasteiger partial charge in [0.05, 0.1) is 5.52 Å². The van der Waals surface area contributed by atoms with Gasteiger partial charge in [-0.1, -0.05) is 17.7 Å². The van der Waals surface area contributed by atoms with Crippen molar-refractivity contribution in [3.63, 3.8) is 0 Å². The van der Waals surface area contributed by atoms with E-state index in [0.717, 1.165) is 30.2 Å². The quantitative estimate of drug-likeness (QED) is 0.869. The lowest BCUT2D eigenvalue weighted by molar-refractivity contribution is 0.564. The number of aromatic nitrogens is 1. The lowest BCUT2D eigenvalue weighted by Crippen LogP contribution is -2.34. The van der Waals surface area contributed by atoms with Crippen LogP contribution >= 0.6 is 0 Å². The highest BCUT2D eigenvalue weighted by Gasteiger charge is 2.23. The molecule has 1 aromatic carbocycles. The van der Waals surface area contributed by atoms with Gasteiger partial charge in [0.1, 0.15) is 4.90 Å². The molecule has 0 saturated heterocycles. The maximum absolute atomic E-state index is 12.9. The van der Waals surface area contributed by atoms with Crippen LogP contribution in [0.1, 0.15) is 38.2 Å². The molecule has 0 unspecified atom stereocenters. The maximum Gasteiger partial charge on any atom is 0.243 e. The Morgan fingerprint density at radius 2 is 2.09 bits per heavy atom. The first-order valence-corrected chi connectivity index (χ1v) is 9.52. The molecule has 1 atom stereocenters. The number of rotatable bonds is 4. The summed E-state index contributed by atoms with van der Waals surface area (Å²) in [6, 6.07) is 7.18. The first-order valence-electron chi connectivity index (χ1n) is 8.04. The van der Waals surface area contributed by atoms with Crippen molar-refractivity contribution >= 4 is 20.9 Å². The molecule has 1 aromatic heterocycles. The molecule has 0 bridgehead atoms. The van der Waals surface area contributed by atoms with Crippen LogP contribution in [0.25, 0.3) is 10.9 Å². The molecular formula is C18H22N2O2S. The van der Waals surface area contributed by atoms with Gasteiger partial charge in [0.15, 0.2) is 0 Å². The molecule has 2 aromatic rings. The third kappa shape index (κ3) is 3.46. The molecule has 1 N–H and O–H groups in total. The van der Waals surface area contributed by atoms with Gasteiger partial charge in [-0.2, -0.15) is 0 Å². The summed E-state index contributed by atoms with van der Waals surface area (Å²) in [7, 11) is -3.61. The molecule has 0 fully saturated rings. The van der Waals surface area contributed by atoms with Gasteiger partial charge in [-0.15, -0.1) is 0 Å². The van der Waals surface area contributed by atoms with Crippen LogP contribution in [0, 0.1) is 6.92 Å². The van der Waals surface area contributed by atoms with E-state index < -0.39 is 10.0 Å². The van der Waals surface area contributed by atoms with Crippen LogP contribution in [0.4, 0.5) is 0 Å². The Labute approximate surface area is 137 Å². The van der Waals surface area contributed by atoms with Crippen LogP contribution in [-0.4, -0.2) is 19.4 Å². The predicted molar refractivity (Wildman–Crippen MR) is 92.8 cm³/mol. The topological polar surface area (TPSA) is 59.1 Å². The largest absolute Gasteiger partial charge is 0.255 e. The molecule has 0 saturated carbocycles. The Balaban J connectivity index is 1.98. The van der Waals surface area contributed by atoms with Crippen molar-refractivity contribution in [2.24, 2.45) is 0 Å². The average molecular weight is 330 g/mol. The van der Waals surface area contributed by atoms with E-state index in [2.05, 4.69) is 15.8 Å². The summed E-state index contributed by atoms with van der Waals surface area (Å²) < 4.78 is 28.6. The first-order chi connectivity index (χ1) is 11.0. The monoisotopic (exact) mass is 330 g/mol. The van der Waals surface area contributed by atoms with Crippen molar-refractivity contribution in [3.8, 4) is 0 Å². The fourth-order valence-electron chi connectivity index (χ4n) is 3.14. The van der Waals surface area contributed by atoms with E-state index in [1.165, 1.54) is 12.0 Å². The number of nitrogens with zero attached hydrogens (tertiary/aromatic N) is 1. The van der Waals surface area contributed by atoms with Crippen LogP contribution in [0.5, 0.6) is 0 Å². The summed E-state index contributed by atoms with van der Waals surface area (Å²) in [6.07, 6.45) is 8.13. The molecule has 1 aliphatic carbocycles. The van der Waals surface area contributed by atoms with E-state index in [1.54, 1.807) is 12.3 Å². The Kier molecular flexibility index (Phi) is 4.50. The fraction of sp³-hybridized carbons (Fsp3) is 0.389. The summed E-state index contributed by atoms with van der Waals surface area (Å²) in [5, 5.41) is 0.845. The molecule has 122 valence electrons. The maximum atomic E-state index is 12.9. The van der Waals surface area contributed by atoms with E-state index in [0.29, 0.717) is 5.52 Å². The zero-order valence-corrected chi connectivity index (χ0v) is 14.4. The number of fused-ring (bicyclic) bond motifs is 1. The highest BCUT2D eigenvalue weighted by Crippen LogP contribution is 2.25. The molecule has 4 nitrogen and oxygen atoms in total. The van der Waals surface area contributed by atoms with Crippen molar-refractivity contribution in [3.05, 3.63) is 47.7 Å². The number of allylic oxidation sites excluding steroid dienone is 1. The van der Waals surface area contributed by atoms with Crippen molar-refractivity contribution < 1.29 is 8.42 Å². The summed E-state index contributed by atoms with van der Waals surface area (Å²) in [4.78, 5) is 4.54. The van der Waals surface area contributed by atoms with Crippen LogP contribution in [0.2, 0.25) is 0 Å². The summed E-state index contributed by atoms with van der Waals surface area (Å²) in [5.74, 6) is 0. The minimum atomic E-state index is -3.61. The zero-order chi connectivity index (χ0) is 16.4. The molecule has 1 aliphatic rings. The Bertz CT molecular complexity index is 856. The molecule has 1 heterocycles. The Morgan fingerprint density at radius 3 is 2.83 bits per heavy atom. The SMILES string of the molecule is Cc1cc(S(=O)(=O)N[C@@H](C)C2=CCCCC2)c2ncccc2c1. The molecule has 3 rings (SSSR count). The predicted octanol–water partition coefficient (Wildman–Crippen LogP) is 3.71. The first kappa shape index (κ1) is 16.1. The number of nitrogens with one attached hydrogen (secondary N) is 1. The van der Waals surface area contributed by atoms with Crippen molar-refractivity contribution in [1.29, 1.82) is 0 Å². The van der Waals surface area contributed by atoms with Gasteiger partial charge in [-0.05, 0) is 63.3 Å². The molecule has 0 aliphatic heterocycles. The van der Waals surface area contributed by atoms with E-state index in [1.807, 2.05) is 32.0 Å². The second-order valence-electron chi connectivity index (χ2n) is 6.21. The molecule has 23 heavy (non-hydrogen) atoms. The van der Waals surface area contributed by atoms with Gasteiger partial charge in [-0.25, -0.2) is 13.1 Å². The van der Waals surface area contributed by atoms with Crippen LogP contribution in [0.15, 0.2) is 47.0 Å². The van der Waals surface area contributed by atoms with Gasteiger partial charge >= 0.3 is 0 Å². The number of hydrogen-bond acceptors (Lipinski definition) is 3.